The maximum Gasteiger partial charge on any atom is 0.255 e. The van der Waals surface area contributed by atoms with Crippen LogP contribution in [0.25, 0.3) is 11.0 Å². The minimum absolute atomic E-state index is 0.133. The highest BCUT2D eigenvalue weighted by atomic mass is 16.1. The number of carbonyl (C=O) groups is 1. The second kappa shape index (κ2) is 7.73. The van der Waals surface area contributed by atoms with Crippen LogP contribution in [0.2, 0.25) is 0 Å². The van der Waals surface area contributed by atoms with Crippen LogP contribution < -0.4 is 10.6 Å². The lowest BCUT2D eigenvalue weighted by Crippen LogP contribution is -2.26. The van der Waals surface area contributed by atoms with Crippen molar-refractivity contribution in [2.24, 2.45) is 0 Å². The topological polar surface area (TPSA) is 84.7 Å². The second-order valence-electron chi connectivity index (χ2n) is 6.91. The van der Waals surface area contributed by atoms with Crippen molar-refractivity contribution in [3.05, 3.63) is 48.0 Å². The van der Waals surface area contributed by atoms with Crippen molar-refractivity contribution in [2.45, 2.75) is 51.7 Å². The van der Waals surface area contributed by atoms with E-state index in [9.17, 15) is 4.79 Å². The smallest absolute Gasteiger partial charge is 0.255 e. The fraction of sp³-hybridized carbons (Fsp3) is 0.400. The molecule has 1 aliphatic rings. The predicted octanol–water partition coefficient (Wildman–Crippen LogP) is 3.13. The molecule has 1 fully saturated rings. The molecule has 1 aliphatic carbocycles. The summed E-state index contributed by atoms with van der Waals surface area (Å²) in [6.45, 7) is 3.23. The van der Waals surface area contributed by atoms with Gasteiger partial charge < -0.3 is 10.6 Å². The number of hydrogen-bond donors (Lipinski definition) is 2. The Balaban J connectivity index is 1.64. The van der Waals surface area contributed by atoms with Crippen LogP contribution in [0.3, 0.4) is 0 Å². The van der Waals surface area contributed by atoms with Crippen molar-refractivity contribution in [1.82, 2.24) is 25.1 Å². The van der Waals surface area contributed by atoms with Crippen LogP contribution >= 0.6 is 0 Å². The molecule has 7 heteroatoms. The Labute approximate surface area is 158 Å². The molecule has 0 bridgehead atoms. The second-order valence-corrected chi connectivity index (χ2v) is 6.91. The quantitative estimate of drug-likeness (QED) is 0.702. The van der Waals surface area contributed by atoms with Gasteiger partial charge in [-0.1, -0.05) is 12.8 Å². The summed E-state index contributed by atoms with van der Waals surface area (Å²) in [5.41, 5.74) is 3.23. The Morgan fingerprint density at radius 1 is 1.22 bits per heavy atom. The van der Waals surface area contributed by atoms with Gasteiger partial charge in [0.1, 0.15) is 0 Å². The first-order chi connectivity index (χ1) is 13.3. The number of aryl methyl sites for hydroxylation is 1. The molecule has 4 rings (SSSR count). The number of anilines is 1. The van der Waals surface area contributed by atoms with Crippen LogP contribution in [-0.2, 0) is 13.1 Å². The largest absolute Gasteiger partial charge is 0.381 e. The first-order valence-corrected chi connectivity index (χ1v) is 9.54. The average Bonchev–Trinajstić information content (AvgIpc) is 3.36. The van der Waals surface area contributed by atoms with Crippen LogP contribution in [-0.4, -0.2) is 31.7 Å². The van der Waals surface area contributed by atoms with Gasteiger partial charge in [-0.15, -0.1) is 0 Å². The summed E-state index contributed by atoms with van der Waals surface area (Å²) in [7, 11) is 0. The lowest BCUT2D eigenvalue weighted by atomic mass is 10.1. The molecule has 0 saturated heterocycles. The molecule has 3 aromatic heterocycles. The monoisotopic (exact) mass is 364 g/mol. The van der Waals surface area contributed by atoms with E-state index in [4.69, 9.17) is 0 Å². The van der Waals surface area contributed by atoms with Crippen LogP contribution in [0.5, 0.6) is 0 Å². The summed E-state index contributed by atoms with van der Waals surface area (Å²) < 4.78 is 1.85. The number of amides is 1. The third-order valence-electron chi connectivity index (χ3n) is 5.12. The van der Waals surface area contributed by atoms with E-state index in [1.54, 1.807) is 18.6 Å². The zero-order chi connectivity index (χ0) is 18.6. The fourth-order valence-corrected chi connectivity index (χ4v) is 3.64. The summed E-state index contributed by atoms with van der Waals surface area (Å²) in [6, 6.07) is 4.18. The van der Waals surface area contributed by atoms with Crippen molar-refractivity contribution < 1.29 is 4.79 Å². The minimum atomic E-state index is -0.133. The van der Waals surface area contributed by atoms with Crippen molar-refractivity contribution in [2.75, 3.05) is 5.32 Å². The van der Waals surface area contributed by atoms with Crippen molar-refractivity contribution in [3.63, 3.8) is 0 Å². The first-order valence-electron chi connectivity index (χ1n) is 9.54. The lowest BCUT2D eigenvalue weighted by molar-refractivity contribution is 0.0951. The number of nitrogens with one attached hydrogen (secondary N) is 2. The molecule has 7 nitrogen and oxygen atoms in total. The maximum absolute atomic E-state index is 12.9. The van der Waals surface area contributed by atoms with Gasteiger partial charge in [0.25, 0.3) is 5.91 Å². The van der Waals surface area contributed by atoms with Crippen LogP contribution in [0.15, 0.2) is 36.9 Å². The highest BCUT2D eigenvalue weighted by molar-refractivity contribution is 6.06. The van der Waals surface area contributed by atoms with Gasteiger partial charge in [0.15, 0.2) is 5.65 Å². The van der Waals surface area contributed by atoms with E-state index < -0.39 is 0 Å². The highest BCUT2D eigenvalue weighted by Gasteiger charge is 2.22. The molecule has 0 radical (unpaired) electrons. The summed E-state index contributed by atoms with van der Waals surface area (Å²) in [6.07, 6.45) is 11.6. The third-order valence-corrected chi connectivity index (χ3v) is 5.12. The van der Waals surface area contributed by atoms with Crippen LogP contribution in [0, 0.1) is 0 Å². The number of hydrogen-bond acceptors (Lipinski definition) is 5. The molecule has 3 aromatic rings. The number of fused-ring (bicyclic) bond motifs is 1. The molecule has 1 saturated carbocycles. The summed E-state index contributed by atoms with van der Waals surface area (Å²) >= 11 is 0. The molecule has 1 amide bonds. The zero-order valence-electron chi connectivity index (χ0n) is 15.5. The summed E-state index contributed by atoms with van der Waals surface area (Å²) in [4.78, 5) is 21.4. The van der Waals surface area contributed by atoms with E-state index in [2.05, 4.69) is 25.7 Å². The molecule has 140 valence electrons. The van der Waals surface area contributed by atoms with Gasteiger partial charge in [-0.2, -0.15) is 5.10 Å². The normalized spacial score (nSPS) is 14.6. The van der Waals surface area contributed by atoms with Gasteiger partial charge in [0.2, 0.25) is 0 Å². The highest BCUT2D eigenvalue weighted by Crippen LogP contribution is 2.30. The van der Waals surface area contributed by atoms with E-state index in [1.807, 2.05) is 29.9 Å². The molecular weight excluding hydrogens is 340 g/mol. The number of rotatable bonds is 6. The molecule has 0 spiro atoms. The molecule has 27 heavy (non-hydrogen) atoms. The Kier molecular flexibility index (Phi) is 5.00. The lowest BCUT2D eigenvalue weighted by Gasteiger charge is -2.18. The molecule has 0 aromatic carbocycles. The zero-order valence-corrected chi connectivity index (χ0v) is 15.5. The average molecular weight is 364 g/mol. The van der Waals surface area contributed by atoms with Gasteiger partial charge in [-0.3, -0.25) is 9.78 Å². The van der Waals surface area contributed by atoms with Gasteiger partial charge in [-0.05, 0) is 37.5 Å². The maximum atomic E-state index is 12.9. The first kappa shape index (κ1) is 17.5. The van der Waals surface area contributed by atoms with Crippen LogP contribution in [0.1, 0.15) is 48.5 Å². The molecule has 0 unspecified atom stereocenters. The van der Waals surface area contributed by atoms with Crippen LogP contribution in [0.4, 0.5) is 5.69 Å². The van der Waals surface area contributed by atoms with E-state index >= 15 is 0 Å². The van der Waals surface area contributed by atoms with E-state index in [-0.39, 0.29) is 5.91 Å². The summed E-state index contributed by atoms with van der Waals surface area (Å²) in [5.74, 6) is -0.133. The van der Waals surface area contributed by atoms with E-state index in [0.717, 1.165) is 41.7 Å². The fourth-order valence-electron chi connectivity index (χ4n) is 3.64. The SMILES string of the molecule is CCn1ncc2c(NC3CCCC3)c(C(=O)NCc3ccncc3)cnc21. The Morgan fingerprint density at radius 2 is 2.00 bits per heavy atom. The molecule has 3 heterocycles. The molecular formula is C20H24N6O. The van der Waals surface area contributed by atoms with Gasteiger partial charge in [-0.25, -0.2) is 9.67 Å². The Hall–Kier alpha value is -2.96. The summed E-state index contributed by atoms with van der Waals surface area (Å²) in [5, 5.41) is 11.9. The van der Waals surface area contributed by atoms with E-state index in [1.165, 1.54) is 12.8 Å². The standard InChI is InChI=1S/C20H24N6O/c1-2-26-19-16(13-24-26)18(25-15-5-3-4-6-15)17(12-22-19)20(27)23-11-14-7-9-21-10-8-14/h7-10,12-13,15H,2-6,11H2,1H3,(H,22,25)(H,23,27). The Bertz CT molecular complexity index is 930. The van der Waals surface area contributed by atoms with Gasteiger partial charge in [0, 0.05) is 37.7 Å². The Morgan fingerprint density at radius 3 is 2.74 bits per heavy atom. The minimum Gasteiger partial charge on any atom is -0.381 e. The molecule has 0 aliphatic heterocycles. The number of aromatic nitrogens is 4. The third kappa shape index (κ3) is 3.63. The molecule has 2 N–H and O–H groups in total. The van der Waals surface area contributed by atoms with E-state index in [0.29, 0.717) is 18.2 Å². The van der Waals surface area contributed by atoms with Crippen molar-refractivity contribution >= 4 is 22.6 Å². The van der Waals surface area contributed by atoms with Gasteiger partial charge in [0.05, 0.1) is 22.8 Å². The number of nitrogens with zero attached hydrogens (tertiary/aromatic N) is 4. The van der Waals surface area contributed by atoms with Gasteiger partial charge >= 0.3 is 0 Å². The number of carbonyl (C=O) groups excluding carboxylic acids is 1. The predicted molar refractivity (Wildman–Crippen MR) is 104 cm³/mol. The molecule has 0 atom stereocenters. The number of pyridine rings is 2. The van der Waals surface area contributed by atoms with Crippen molar-refractivity contribution in [3.8, 4) is 0 Å². The van der Waals surface area contributed by atoms with Crippen molar-refractivity contribution in [1.29, 1.82) is 0 Å².